The highest BCUT2D eigenvalue weighted by Crippen LogP contribution is 2.31. The second-order valence-corrected chi connectivity index (χ2v) is 7.44. The van der Waals surface area contributed by atoms with Gasteiger partial charge in [-0.25, -0.2) is 9.18 Å². The molecule has 2 fully saturated rings. The van der Waals surface area contributed by atoms with Crippen molar-refractivity contribution in [3.8, 4) is 0 Å². The molecule has 8 heteroatoms. The zero-order valence-electron chi connectivity index (χ0n) is 14.6. The van der Waals surface area contributed by atoms with Crippen LogP contribution in [0.2, 0.25) is 5.02 Å². The van der Waals surface area contributed by atoms with Crippen molar-refractivity contribution in [3.05, 3.63) is 34.6 Å². The SMILES string of the molecule is CC(=O)N1C[C@@H](O)C[C@@H](N(C(=O)NCc2ccc(Cl)cc2F)C2CC2)C1. The fourth-order valence-electron chi connectivity index (χ4n) is 3.41. The van der Waals surface area contributed by atoms with Gasteiger partial charge in [0.25, 0.3) is 0 Å². The van der Waals surface area contributed by atoms with E-state index in [0.29, 0.717) is 30.1 Å². The van der Waals surface area contributed by atoms with Gasteiger partial charge in [-0.05, 0) is 31.4 Å². The number of aliphatic hydroxyl groups is 1. The molecule has 3 amide bonds. The summed E-state index contributed by atoms with van der Waals surface area (Å²) in [6.07, 6.45) is 1.58. The molecule has 1 aromatic carbocycles. The first-order valence-corrected chi connectivity index (χ1v) is 9.16. The molecule has 6 nitrogen and oxygen atoms in total. The van der Waals surface area contributed by atoms with Gasteiger partial charge in [-0.1, -0.05) is 17.7 Å². The molecule has 1 aliphatic heterocycles. The number of β-amino-alcohol motifs (C(OH)–C–C–N with tert-alkyl or cyclic N) is 1. The number of carbonyl (C=O) groups is 2. The minimum Gasteiger partial charge on any atom is -0.391 e. The monoisotopic (exact) mass is 383 g/mol. The predicted octanol–water partition coefficient (Wildman–Crippen LogP) is 2.13. The van der Waals surface area contributed by atoms with E-state index < -0.39 is 11.9 Å². The molecular formula is C18H23ClFN3O3. The lowest BCUT2D eigenvalue weighted by Crippen LogP contribution is -2.57. The van der Waals surface area contributed by atoms with Crippen molar-refractivity contribution < 1.29 is 19.1 Å². The molecule has 0 aromatic heterocycles. The molecule has 2 aliphatic rings. The number of hydrogen-bond donors (Lipinski definition) is 2. The standard InChI is InChI=1S/C18H23ClFN3O3/c1-11(24)22-9-15(7-16(25)10-22)23(14-4-5-14)18(26)21-8-12-2-3-13(19)6-17(12)20/h2-3,6,14-16,25H,4-5,7-10H2,1H3,(H,21,26)/t15-,16+/m1/s1. The number of aliphatic hydroxyl groups excluding tert-OH is 1. The number of likely N-dealkylation sites (tertiary alicyclic amines) is 1. The van der Waals surface area contributed by atoms with Gasteiger partial charge >= 0.3 is 6.03 Å². The summed E-state index contributed by atoms with van der Waals surface area (Å²) in [5, 5.41) is 13.1. The Labute approximate surface area is 156 Å². The highest BCUT2D eigenvalue weighted by molar-refractivity contribution is 6.30. The summed E-state index contributed by atoms with van der Waals surface area (Å²) in [6, 6.07) is 3.89. The fraction of sp³-hybridized carbons (Fsp3) is 0.556. The second-order valence-electron chi connectivity index (χ2n) is 7.00. The molecule has 142 valence electrons. The zero-order chi connectivity index (χ0) is 18.8. The van der Waals surface area contributed by atoms with Crippen LogP contribution in [0.4, 0.5) is 9.18 Å². The summed E-state index contributed by atoms with van der Waals surface area (Å²) in [7, 11) is 0. The van der Waals surface area contributed by atoms with Gasteiger partial charge in [-0.3, -0.25) is 4.79 Å². The van der Waals surface area contributed by atoms with Gasteiger partial charge in [0.1, 0.15) is 5.82 Å². The Morgan fingerprint density at radius 1 is 1.35 bits per heavy atom. The molecule has 1 saturated carbocycles. The Morgan fingerprint density at radius 2 is 2.08 bits per heavy atom. The molecule has 2 atom stereocenters. The minimum absolute atomic E-state index is 0.0523. The Bertz CT molecular complexity index is 698. The number of rotatable bonds is 4. The maximum atomic E-state index is 13.9. The van der Waals surface area contributed by atoms with Gasteiger partial charge in [0, 0.05) is 43.2 Å². The summed E-state index contributed by atoms with van der Waals surface area (Å²) in [6.45, 7) is 2.21. The van der Waals surface area contributed by atoms with Crippen molar-refractivity contribution in [1.29, 1.82) is 0 Å². The average Bonchev–Trinajstić information content (AvgIpc) is 3.38. The van der Waals surface area contributed by atoms with Crippen LogP contribution < -0.4 is 5.32 Å². The highest BCUT2D eigenvalue weighted by atomic mass is 35.5. The van der Waals surface area contributed by atoms with Gasteiger partial charge < -0.3 is 20.2 Å². The third-order valence-electron chi connectivity index (χ3n) is 4.87. The number of hydrogen-bond acceptors (Lipinski definition) is 3. The number of benzene rings is 1. The van der Waals surface area contributed by atoms with Crippen LogP contribution in [-0.4, -0.2) is 58.1 Å². The van der Waals surface area contributed by atoms with Crippen LogP contribution in [0.3, 0.4) is 0 Å². The van der Waals surface area contributed by atoms with Crippen molar-refractivity contribution in [2.24, 2.45) is 0 Å². The lowest BCUT2D eigenvalue weighted by molar-refractivity contribution is -0.133. The first-order chi connectivity index (χ1) is 12.3. The fourth-order valence-corrected chi connectivity index (χ4v) is 3.57. The van der Waals surface area contributed by atoms with E-state index in [0.717, 1.165) is 12.8 Å². The van der Waals surface area contributed by atoms with Crippen molar-refractivity contribution in [3.63, 3.8) is 0 Å². The summed E-state index contributed by atoms with van der Waals surface area (Å²) >= 11 is 5.74. The van der Waals surface area contributed by atoms with Gasteiger partial charge in [0.15, 0.2) is 0 Å². The van der Waals surface area contributed by atoms with Gasteiger partial charge in [-0.2, -0.15) is 0 Å². The molecule has 0 radical (unpaired) electrons. The minimum atomic E-state index is -0.652. The summed E-state index contributed by atoms with van der Waals surface area (Å²) < 4.78 is 13.9. The Hall–Kier alpha value is -1.86. The number of piperidine rings is 1. The zero-order valence-corrected chi connectivity index (χ0v) is 15.4. The van der Waals surface area contributed by atoms with Crippen molar-refractivity contribution in [2.45, 2.75) is 50.9 Å². The average molecular weight is 384 g/mol. The molecule has 1 heterocycles. The molecule has 26 heavy (non-hydrogen) atoms. The van der Waals surface area contributed by atoms with Crippen LogP contribution in [0.1, 0.15) is 31.7 Å². The number of amides is 3. The van der Waals surface area contributed by atoms with E-state index in [1.807, 2.05) is 0 Å². The van der Waals surface area contributed by atoms with E-state index in [1.54, 1.807) is 21.9 Å². The molecule has 3 rings (SSSR count). The summed E-state index contributed by atoms with van der Waals surface area (Å²) in [5.74, 6) is -0.584. The van der Waals surface area contributed by atoms with E-state index in [2.05, 4.69) is 5.32 Å². The van der Waals surface area contributed by atoms with Gasteiger partial charge in [0.05, 0.1) is 12.1 Å². The number of carbonyl (C=O) groups excluding carboxylic acids is 2. The molecule has 1 aromatic rings. The van der Waals surface area contributed by atoms with Crippen LogP contribution >= 0.6 is 11.6 Å². The maximum Gasteiger partial charge on any atom is 0.318 e. The third kappa shape index (κ3) is 4.45. The van der Waals surface area contributed by atoms with E-state index in [1.165, 1.54) is 13.0 Å². The molecule has 0 unspecified atom stereocenters. The molecular weight excluding hydrogens is 361 g/mol. The van der Waals surface area contributed by atoms with E-state index in [4.69, 9.17) is 11.6 Å². The van der Waals surface area contributed by atoms with Crippen molar-refractivity contribution >= 4 is 23.5 Å². The van der Waals surface area contributed by atoms with Crippen LogP contribution in [0.5, 0.6) is 0 Å². The van der Waals surface area contributed by atoms with Gasteiger partial charge in [-0.15, -0.1) is 0 Å². The predicted molar refractivity (Wildman–Crippen MR) is 95.2 cm³/mol. The first-order valence-electron chi connectivity index (χ1n) is 8.79. The Balaban J connectivity index is 1.67. The second kappa shape index (κ2) is 7.80. The number of halogens is 2. The van der Waals surface area contributed by atoms with E-state index >= 15 is 0 Å². The topological polar surface area (TPSA) is 72.9 Å². The Kier molecular flexibility index (Phi) is 5.67. The Morgan fingerprint density at radius 3 is 2.69 bits per heavy atom. The van der Waals surface area contributed by atoms with Crippen LogP contribution in [-0.2, 0) is 11.3 Å². The van der Waals surface area contributed by atoms with Crippen molar-refractivity contribution in [1.82, 2.24) is 15.1 Å². The van der Waals surface area contributed by atoms with Crippen LogP contribution in [0.15, 0.2) is 18.2 Å². The third-order valence-corrected chi connectivity index (χ3v) is 5.10. The van der Waals surface area contributed by atoms with Crippen LogP contribution in [0, 0.1) is 5.82 Å². The number of urea groups is 1. The summed E-state index contributed by atoms with van der Waals surface area (Å²) in [4.78, 5) is 27.7. The smallest absolute Gasteiger partial charge is 0.318 e. The first kappa shape index (κ1) is 18.9. The van der Waals surface area contributed by atoms with Gasteiger partial charge in [0.2, 0.25) is 5.91 Å². The summed E-state index contributed by atoms with van der Waals surface area (Å²) in [5.41, 5.74) is 0.354. The highest BCUT2D eigenvalue weighted by Gasteiger charge is 2.41. The normalized spacial score (nSPS) is 22.8. The molecule has 0 bridgehead atoms. The molecule has 0 spiro atoms. The maximum absolute atomic E-state index is 13.9. The number of nitrogens with one attached hydrogen (secondary N) is 1. The molecule has 1 saturated heterocycles. The lowest BCUT2D eigenvalue weighted by atomic mass is 10.0. The quantitative estimate of drug-likeness (QED) is 0.836. The number of nitrogens with zero attached hydrogens (tertiary/aromatic N) is 2. The lowest BCUT2D eigenvalue weighted by Gasteiger charge is -2.41. The van der Waals surface area contributed by atoms with E-state index in [-0.39, 0.29) is 30.6 Å². The molecule has 1 aliphatic carbocycles. The molecule has 2 N–H and O–H groups in total. The van der Waals surface area contributed by atoms with Crippen LogP contribution in [0.25, 0.3) is 0 Å². The van der Waals surface area contributed by atoms with Crippen molar-refractivity contribution in [2.75, 3.05) is 13.1 Å². The van der Waals surface area contributed by atoms with E-state index in [9.17, 15) is 19.1 Å². The largest absolute Gasteiger partial charge is 0.391 e.